The molecule has 0 aromatic heterocycles. The number of hydrogen-bond donors (Lipinski definition) is 2. The lowest BCUT2D eigenvalue weighted by atomic mass is 9.84. The second-order valence-corrected chi connectivity index (χ2v) is 4.19. The second-order valence-electron chi connectivity index (χ2n) is 4.19. The molecular weight excluding hydrogens is 239 g/mol. The first-order valence-electron chi connectivity index (χ1n) is 5.43. The van der Waals surface area contributed by atoms with Crippen LogP contribution in [0.4, 0.5) is 13.2 Å². The molecule has 1 saturated carbocycles. The predicted octanol–water partition coefficient (Wildman–Crippen LogP) is 1.70. The molecule has 2 N–H and O–H groups in total. The summed E-state index contributed by atoms with van der Waals surface area (Å²) in [6.07, 6.45) is -1.44. The van der Waals surface area contributed by atoms with E-state index in [0.29, 0.717) is 12.8 Å². The van der Waals surface area contributed by atoms with Gasteiger partial charge in [0.15, 0.2) is 0 Å². The molecule has 1 aliphatic rings. The van der Waals surface area contributed by atoms with Crippen molar-refractivity contribution in [3.05, 3.63) is 0 Å². The summed E-state index contributed by atoms with van der Waals surface area (Å²) in [5.74, 6) is -4.00. The first-order chi connectivity index (χ1) is 7.82. The Kier molecular flexibility index (Phi) is 4.36. The van der Waals surface area contributed by atoms with Crippen molar-refractivity contribution in [3.63, 3.8) is 0 Å². The van der Waals surface area contributed by atoms with Crippen molar-refractivity contribution in [2.24, 2.45) is 5.92 Å². The number of carbonyl (C=O) groups excluding carboxylic acids is 1. The van der Waals surface area contributed by atoms with Crippen LogP contribution in [0.25, 0.3) is 0 Å². The van der Waals surface area contributed by atoms with Crippen LogP contribution in [-0.2, 0) is 9.59 Å². The van der Waals surface area contributed by atoms with Crippen molar-refractivity contribution >= 4 is 11.9 Å². The van der Waals surface area contributed by atoms with Crippen LogP contribution < -0.4 is 5.32 Å². The molecule has 0 bridgehead atoms. The largest absolute Gasteiger partial charge is 0.480 e. The van der Waals surface area contributed by atoms with Gasteiger partial charge in [0.2, 0.25) is 0 Å². The van der Waals surface area contributed by atoms with E-state index in [1.54, 1.807) is 5.32 Å². The fourth-order valence-electron chi connectivity index (χ4n) is 2.07. The van der Waals surface area contributed by atoms with Crippen LogP contribution in [0.2, 0.25) is 0 Å². The van der Waals surface area contributed by atoms with Crippen LogP contribution in [0.5, 0.6) is 0 Å². The van der Waals surface area contributed by atoms with Gasteiger partial charge in [-0.25, -0.2) is 4.79 Å². The van der Waals surface area contributed by atoms with Gasteiger partial charge in [0.05, 0.1) is 0 Å². The van der Waals surface area contributed by atoms with E-state index < -0.39 is 30.0 Å². The Morgan fingerprint density at radius 3 is 2.12 bits per heavy atom. The maximum atomic E-state index is 12.0. The summed E-state index contributed by atoms with van der Waals surface area (Å²) in [5, 5.41) is 10.4. The van der Waals surface area contributed by atoms with Gasteiger partial charge >= 0.3 is 18.1 Å². The summed E-state index contributed by atoms with van der Waals surface area (Å²) in [4.78, 5) is 21.6. The molecule has 0 unspecified atom stereocenters. The van der Waals surface area contributed by atoms with Gasteiger partial charge in [-0.1, -0.05) is 19.3 Å². The minimum absolute atomic E-state index is 0.410. The summed E-state index contributed by atoms with van der Waals surface area (Å²) >= 11 is 0. The zero-order valence-electron chi connectivity index (χ0n) is 9.09. The highest BCUT2D eigenvalue weighted by molar-refractivity contribution is 5.87. The third-order valence-corrected chi connectivity index (χ3v) is 2.93. The molecule has 0 heterocycles. The van der Waals surface area contributed by atoms with E-state index >= 15 is 0 Å². The van der Waals surface area contributed by atoms with Crippen molar-refractivity contribution in [3.8, 4) is 0 Å². The van der Waals surface area contributed by atoms with Crippen LogP contribution in [0.1, 0.15) is 32.1 Å². The molecule has 1 aliphatic carbocycles. The van der Waals surface area contributed by atoms with Gasteiger partial charge < -0.3 is 10.4 Å². The van der Waals surface area contributed by atoms with Gasteiger partial charge in [0.25, 0.3) is 0 Å². The van der Waals surface area contributed by atoms with Crippen LogP contribution in [-0.4, -0.2) is 29.2 Å². The van der Waals surface area contributed by atoms with Gasteiger partial charge in [-0.2, -0.15) is 13.2 Å². The van der Waals surface area contributed by atoms with Gasteiger partial charge in [-0.3, -0.25) is 4.79 Å². The van der Waals surface area contributed by atoms with E-state index in [1.165, 1.54) is 0 Å². The zero-order valence-corrected chi connectivity index (χ0v) is 9.09. The lowest BCUT2D eigenvalue weighted by Gasteiger charge is -2.28. The SMILES string of the molecule is O=C(O)[C@H](NC(=O)C(F)(F)F)C1CCCCC1. The third-order valence-electron chi connectivity index (χ3n) is 2.93. The van der Waals surface area contributed by atoms with E-state index in [0.717, 1.165) is 19.3 Å². The predicted molar refractivity (Wildman–Crippen MR) is 52.2 cm³/mol. The molecule has 0 aromatic carbocycles. The maximum Gasteiger partial charge on any atom is 0.471 e. The molecule has 7 heteroatoms. The number of rotatable bonds is 3. The van der Waals surface area contributed by atoms with Crippen LogP contribution >= 0.6 is 0 Å². The zero-order chi connectivity index (χ0) is 13.1. The fourth-order valence-corrected chi connectivity index (χ4v) is 2.07. The minimum Gasteiger partial charge on any atom is -0.480 e. The van der Waals surface area contributed by atoms with Gasteiger partial charge in [-0.15, -0.1) is 0 Å². The maximum absolute atomic E-state index is 12.0. The molecule has 1 atom stereocenters. The summed E-state index contributed by atoms with van der Waals surface area (Å²) < 4.78 is 36.1. The van der Waals surface area contributed by atoms with E-state index in [1.807, 2.05) is 0 Å². The minimum atomic E-state index is -5.04. The lowest BCUT2D eigenvalue weighted by molar-refractivity contribution is -0.176. The van der Waals surface area contributed by atoms with Gasteiger partial charge in [0, 0.05) is 0 Å². The van der Waals surface area contributed by atoms with E-state index in [4.69, 9.17) is 5.11 Å². The first kappa shape index (κ1) is 13.8. The molecule has 1 fully saturated rings. The number of nitrogens with one attached hydrogen (secondary N) is 1. The Morgan fingerprint density at radius 2 is 1.71 bits per heavy atom. The number of hydrogen-bond acceptors (Lipinski definition) is 2. The number of carboxylic acid groups (broad SMARTS) is 1. The normalized spacial score (nSPS) is 19.7. The first-order valence-corrected chi connectivity index (χ1v) is 5.43. The highest BCUT2D eigenvalue weighted by Crippen LogP contribution is 2.27. The number of carboxylic acids is 1. The van der Waals surface area contributed by atoms with Crippen molar-refractivity contribution in [2.75, 3.05) is 0 Å². The molecule has 0 radical (unpaired) electrons. The highest BCUT2D eigenvalue weighted by Gasteiger charge is 2.42. The van der Waals surface area contributed by atoms with E-state index in [-0.39, 0.29) is 0 Å². The molecule has 98 valence electrons. The molecule has 1 amide bonds. The topological polar surface area (TPSA) is 66.4 Å². The Hall–Kier alpha value is -1.27. The molecule has 0 aromatic rings. The molecular formula is C10H14F3NO3. The molecule has 1 rings (SSSR count). The highest BCUT2D eigenvalue weighted by atomic mass is 19.4. The Morgan fingerprint density at radius 1 is 1.18 bits per heavy atom. The van der Waals surface area contributed by atoms with Crippen LogP contribution in [0.15, 0.2) is 0 Å². The smallest absolute Gasteiger partial charge is 0.471 e. The Labute approximate surface area is 96.2 Å². The molecule has 0 saturated heterocycles. The Balaban J connectivity index is 2.66. The third kappa shape index (κ3) is 3.90. The molecule has 4 nitrogen and oxygen atoms in total. The summed E-state index contributed by atoms with van der Waals surface area (Å²) in [6.45, 7) is 0. The fraction of sp³-hybridized carbons (Fsp3) is 0.800. The number of carbonyl (C=O) groups is 2. The van der Waals surface area contributed by atoms with E-state index in [2.05, 4.69) is 0 Å². The number of halogens is 3. The number of amides is 1. The average molecular weight is 253 g/mol. The van der Waals surface area contributed by atoms with Crippen LogP contribution in [0, 0.1) is 5.92 Å². The molecule has 0 aliphatic heterocycles. The van der Waals surface area contributed by atoms with Gasteiger partial charge in [0.1, 0.15) is 6.04 Å². The monoisotopic (exact) mass is 253 g/mol. The van der Waals surface area contributed by atoms with Gasteiger partial charge in [-0.05, 0) is 18.8 Å². The van der Waals surface area contributed by atoms with E-state index in [9.17, 15) is 22.8 Å². The average Bonchev–Trinajstić information content (AvgIpc) is 2.25. The second kappa shape index (κ2) is 5.37. The number of aliphatic carboxylic acids is 1. The standard InChI is InChI=1S/C10H14F3NO3/c11-10(12,13)9(17)14-7(8(15)16)6-4-2-1-3-5-6/h6-7H,1-5H2,(H,14,17)(H,15,16)/t7-/m1/s1. The van der Waals surface area contributed by atoms with Crippen LogP contribution in [0.3, 0.4) is 0 Å². The lowest BCUT2D eigenvalue weighted by Crippen LogP contribution is -2.50. The summed E-state index contributed by atoms with van der Waals surface area (Å²) in [5.41, 5.74) is 0. The van der Waals surface area contributed by atoms with Crippen molar-refractivity contribution < 1.29 is 27.9 Å². The summed E-state index contributed by atoms with van der Waals surface area (Å²) in [7, 11) is 0. The Bertz CT molecular complexity index is 298. The van der Waals surface area contributed by atoms with Crippen molar-refractivity contribution in [1.29, 1.82) is 0 Å². The quantitative estimate of drug-likeness (QED) is 0.804. The van der Waals surface area contributed by atoms with Crippen molar-refractivity contribution in [1.82, 2.24) is 5.32 Å². The molecule has 0 spiro atoms. The number of alkyl halides is 3. The summed E-state index contributed by atoms with van der Waals surface area (Å²) in [6, 6.07) is -1.44. The molecule has 17 heavy (non-hydrogen) atoms. The van der Waals surface area contributed by atoms with Crippen molar-refractivity contribution in [2.45, 2.75) is 44.3 Å².